The zero-order chi connectivity index (χ0) is 12.7. The average Bonchev–Trinajstić information content (AvgIpc) is 2.34. The van der Waals surface area contributed by atoms with Crippen molar-refractivity contribution in [3.8, 4) is 0 Å². The van der Waals surface area contributed by atoms with E-state index >= 15 is 0 Å². The van der Waals surface area contributed by atoms with E-state index in [-0.39, 0.29) is 5.91 Å². The number of amides is 1. The number of carbonyl (C=O) groups excluding carboxylic acids is 1. The van der Waals surface area contributed by atoms with Crippen molar-refractivity contribution in [2.75, 3.05) is 11.9 Å². The van der Waals surface area contributed by atoms with Crippen molar-refractivity contribution >= 4 is 21.8 Å². The lowest BCUT2D eigenvalue weighted by molar-refractivity contribution is 0.0946. The van der Waals surface area contributed by atoms with Crippen LogP contribution < -0.4 is 5.32 Å². The lowest BCUT2D eigenvalue weighted by atomic mass is 10.0. The first-order chi connectivity index (χ1) is 8.17. The Labute approximate surface area is 112 Å². The van der Waals surface area contributed by atoms with Gasteiger partial charge in [-0.15, -0.1) is 0 Å². The van der Waals surface area contributed by atoms with Gasteiger partial charge in [-0.3, -0.25) is 4.79 Å². The van der Waals surface area contributed by atoms with Gasteiger partial charge in [0.15, 0.2) is 0 Å². The van der Waals surface area contributed by atoms with Crippen molar-refractivity contribution in [1.29, 1.82) is 0 Å². The molecule has 1 aromatic carbocycles. The Morgan fingerprint density at radius 3 is 2.82 bits per heavy atom. The van der Waals surface area contributed by atoms with Gasteiger partial charge in [-0.25, -0.2) is 0 Å². The Morgan fingerprint density at radius 1 is 1.47 bits per heavy atom. The van der Waals surface area contributed by atoms with Crippen LogP contribution >= 0.6 is 15.9 Å². The van der Waals surface area contributed by atoms with Crippen molar-refractivity contribution < 1.29 is 4.79 Å². The molecule has 3 heteroatoms. The molecule has 0 fully saturated rings. The van der Waals surface area contributed by atoms with Gasteiger partial charge in [0.1, 0.15) is 0 Å². The van der Waals surface area contributed by atoms with Crippen LogP contribution in [0.15, 0.2) is 24.3 Å². The Morgan fingerprint density at radius 2 is 2.24 bits per heavy atom. The second-order valence-corrected chi connectivity index (χ2v) is 5.12. The van der Waals surface area contributed by atoms with Crippen LogP contribution in [0, 0.1) is 12.8 Å². The molecule has 0 aromatic heterocycles. The average molecular weight is 298 g/mol. The van der Waals surface area contributed by atoms with E-state index in [4.69, 9.17) is 0 Å². The number of aryl methyl sites for hydroxylation is 1. The van der Waals surface area contributed by atoms with Crippen LogP contribution in [0.4, 0.5) is 0 Å². The van der Waals surface area contributed by atoms with Gasteiger partial charge in [0.25, 0.3) is 5.91 Å². The first-order valence-corrected chi connectivity index (χ1v) is 7.20. The first kappa shape index (κ1) is 14.2. The summed E-state index contributed by atoms with van der Waals surface area (Å²) in [5, 5.41) is 3.99. The predicted molar refractivity (Wildman–Crippen MR) is 75.7 cm³/mol. The Kier molecular flexibility index (Phi) is 6.27. The Hall–Kier alpha value is -0.830. The van der Waals surface area contributed by atoms with Crippen molar-refractivity contribution in [2.45, 2.75) is 26.7 Å². The predicted octanol–water partition coefficient (Wildman–Crippen LogP) is 3.54. The molecule has 1 atom stereocenters. The summed E-state index contributed by atoms with van der Waals surface area (Å²) < 4.78 is 0. The summed E-state index contributed by atoms with van der Waals surface area (Å²) in [6.45, 7) is 4.91. The third-order valence-electron chi connectivity index (χ3n) is 2.93. The third-order valence-corrected chi connectivity index (χ3v) is 3.38. The number of hydrogen-bond acceptors (Lipinski definition) is 1. The largest absolute Gasteiger partial charge is 0.352 e. The number of halogens is 1. The minimum Gasteiger partial charge on any atom is -0.352 e. The zero-order valence-corrected chi connectivity index (χ0v) is 12.1. The number of alkyl halides is 1. The molecule has 1 unspecified atom stereocenters. The third kappa shape index (κ3) is 4.90. The molecule has 1 aromatic rings. The van der Waals surface area contributed by atoms with Crippen LogP contribution in [-0.4, -0.2) is 17.8 Å². The summed E-state index contributed by atoms with van der Waals surface area (Å²) in [6.07, 6.45) is 2.20. The fraction of sp³-hybridized carbons (Fsp3) is 0.500. The van der Waals surface area contributed by atoms with E-state index in [1.165, 1.54) is 0 Å². The normalized spacial score (nSPS) is 12.2. The second-order valence-electron chi connectivity index (χ2n) is 4.33. The standard InChI is InChI=1S/C14H20BrNO/c1-3-12(7-8-15)10-16-14(17)13-6-4-5-11(2)9-13/h4-6,9,12H,3,7-8,10H2,1-2H3,(H,16,17). The van der Waals surface area contributed by atoms with Crippen molar-refractivity contribution in [3.05, 3.63) is 35.4 Å². The topological polar surface area (TPSA) is 29.1 Å². The summed E-state index contributed by atoms with van der Waals surface area (Å²) in [6, 6.07) is 7.69. The monoisotopic (exact) mass is 297 g/mol. The molecule has 1 amide bonds. The van der Waals surface area contributed by atoms with Gasteiger partial charge in [-0.2, -0.15) is 0 Å². The maximum absolute atomic E-state index is 11.9. The molecule has 2 nitrogen and oxygen atoms in total. The highest BCUT2D eigenvalue weighted by atomic mass is 79.9. The van der Waals surface area contributed by atoms with E-state index in [1.807, 2.05) is 31.2 Å². The van der Waals surface area contributed by atoms with E-state index in [2.05, 4.69) is 28.2 Å². The molecule has 0 heterocycles. The molecule has 1 rings (SSSR count). The van der Waals surface area contributed by atoms with E-state index in [0.717, 1.165) is 35.8 Å². The molecule has 0 spiro atoms. The SMILES string of the molecule is CCC(CCBr)CNC(=O)c1cccc(C)c1. The van der Waals surface area contributed by atoms with E-state index in [9.17, 15) is 4.79 Å². The molecule has 0 saturated carbocycles. The lowest BCUT2D eigenvalue weighted by Crippen LogP contribution is -2.29. The molecular formula is C14H20BrNO. The van der Waals surface area contributed by atoms with Gasteiger partial charge < -0.3 is 5.32 Å². The van der Waals surface area contributed by atoms with Crippen LogP contribution in [-0.2, 0) is 0 Å². The molecule has 0 radical (unpaired) electrons. The maximum Gasteiger partial charge on any atom is 0.251 e. The summed E-state index contributed by atoms with van der Waals surface area (Å²) in [5.41, 5.74) is 1.86. The van der Waals surface area contributed by atoms with Gasteiger partial charge in [0.2, 0.25) is 0 Å². The van der Waals surface area contributed by atoms with Crippen molar-refractivity contribution in [2.24, 2.45) is 5.92 Å². The number of carbonyl (C=O) groups is 1. The molecule has 0 aliphatic carbocycles. The minimum atomic E-state index is 0.0294. The van der Waals surface area contributed by atoms with Crippen LogP contribution in [0.1, 0.15) is 35.7 Å². The van der Waals surface area contributed by atoms with E-state index in [0.29, 0.717) is 5.92 Å². The van der Waals surface area contributed by atoms with Gasteiger partial charge >= 0.3 is 0 Å². The number of benzene rings is 1. The summed E-state index contributed by atoms with van der Waals surface area (Å²) in [7, 11) is 0. The van der Waals surface area contributed by atoms with Crippen molar-refractivity contribution in [3.63, 3.8) is 0 Å². The maximum atomic E-state index is 11.9. The fourth-order valence-electron chi connectivity index (χ4n) is 1.73. The quantitative estimate of drug-likeness (QED) is 0.800. The molecule has 0 aliphatic heterocycles. The van der Waals surface area contributed by atoms with Crippen LogP contribution in [0.3, 0.4) is 0 Å². The van der Waals surface area contributed by atoms with Gasteiger partial charge in [0, 0.05) is 17.4 Å². The summed E-state index contributed by atoms with van der Waals surface area (Å²) >= 11 is 3.44. The van der Waals surface area contributed by atoms with Gasteiger partial charge in [-0.05, 0) is 31.4 Å². The molecule has 0 bridgehead atoms. The molecule has 17 heavy (non-hydrogen) atoms. The van der Waals surface area contributed by atoms with E-state index < -0.39 is 0 Å². The van der Waals surface area contributed by atoms with Crippen molar-refractivity contribution in [1.82, 2.24) is 5.32 Å². The highest BCUT2D eigenvalue weighted by Crippen LogP contribution is 2.09. The molecule has 94 valence electrons. The lowest BCUT2D eigenvalue weighted by Gasteiger charge is -2.14. The molecule has 1 N–H and O–H groups in total. The smallest absolute Gasteiger partial charge is 0.251 e. The Balaban J connectivity index is 2.49. The summed E-state index contributed by atoms with van der Waals surface area (Å²) in [5.74, 6) is 0.588. The van der Waals surface area contributed by atoms with E-state index in [1.54, 1.807) is 0 Å². The zero-order valence-electron chi connectivity index (χ0n) is 10.5. The second kappa shape index (κ2) is 7.49. The first-order valence-electron chi connectivity index (χ1n) is 6.08. The number of hydrogen-bond donors (Lipinski definition) is 1. The summed E-state index contributed by atoms with van der Waals surface area (Å²) in [4.78, 5) is 11.9. The molecule has 0 aliphatic rings. The van der Waals surface area contributed by atoms with Crippen LogP contribution in [0.2, 0.25) is 0 Å². The molecule has 0 saturated heterocycles. The highest BCUT2D eigenvalue weighted by molar-refractivity contribution is 9.09. The van der Waals surface area contributed by atoms with Gasteiger partial charge in [-0.1, -0.05) is 47.0 Å². The molecular weight excluding hydrogens is 278 g/mol. The van der Waals surface area contributed by atoms with Crippen LogP contribution in [0.25, 0.3) is 0 Å². The van der Waals surface area contributed by atoms with Crippen LogP contribution in [0.5, 0.6) is 0 Å². The minimum absolute atomic E-state index is 0.0294. The Bertz CT molecular complexity index is 365. The number of nitrogens with one attached hydrogen (secondary N) is 1. The number of rotatable bonds is 6. The fourth-order valence-corrected chi connectivity index (χ4v) is 2.38. The van der Waals surface area contributed by atoms with Gasteiger partial charge in [0.05, 0.1) is 0 Å². The highest BCUT2D eigenvalue weighted by Gasteiger charge is 2.09.